The summed E-state index contributed by atoms with van der Waals surface area (Å²) in [6.45, 7) is 6.48. The molecule has 0 bridgehead atoms. The van der Waals surface area contributed by atoms with Crippen molar-refractivity contribution in [1.82, 2.24) is 15.5 Å². The van der Waals surface area contributed by atoms with Crippen LogP contribution in [0.25, 0.3) is 10.8 Å². The predicted molar refractivity (Wildman–Crippen MR) is 205 cm³/mol. The van der Waals surface area contributed by atoms with Gasteiger partial charge in [-0.2, -0.15) is 0 Å². The highest BCUT2D eigenvalue weighted by atomic mass is 16.6. The Bertz CT molecular complexity index is 1780. The number of nitrogens with one attached hydrogen (secondary N) is 2. The molecule has 0 aliphatic carbocycles. The zero-order valence-corrected chi connectivity index (χ0v) is 31.0. The number of carbonyl (C=O) groups excluding carboxylic acids is 4. The van der Waals surface area contributed by atoms with E-state index in [1.54, 1.807) is 20.8 Å². The number of rotatable bonds is 18. The van der Waals surface area contributed by atoms with Crippen LogP contribution in [0.2, 0.25) is 0 Å². The zero-order chi connectivity index (χ0) is 38.1. The summed E-state index contributed by atoms with van der Waals surface area (Å²) in [5.74, 6) is -0.639. The van der Waals surface area contributed by atoms with Crippen LogP contribution in [-0.4, -0.2) is 60.4 Å². The van der Waals surface area contributed by atoms with Crippen LogP contribution >= 0.6 is 0 Å². The van der Waals surface area contributed by atoms with Crippen LogP contribution in [0.1, 0.15) is 68.7 Å². The average molecular weight is 725 g/mol. The third-order valence-electron chi connectivity index (χ3n) is 8.54. The van der Waals surface area contributed by atoms with Gasteiger partial charge in [-0.15, -0.1) is 0 Å². The lowest BCUT2D eigenvalue weighted by molar-refractivity contribution is -0.123. The first kappa shape index (κ1) is 40.2. The number of nitrogens with two attached hydrogens (primary N) is 1. The molecule has 282 valence electrons. The first-order valence-corrected chi connectivity index (χ1v) is 18.2. The van der Waals surface area contributed by atoms with Crippen LogP contribution in [-0.2, 0) is 45.1 Å². The zero-order valence-electron chi connectivity index (χ0n) is 31.0. The van der Waals surface area contributed by atoms with E-state index in [1.807, 2.05) is 72.8 Å². The van der Waals surface area contributed by atoms with Gasteiger partial charge in [0.2, 0.25) is 5.91 Å². The molecule has 4 rings (SSSR count). The minimum atomic E-state index is -0.940. The third kappa shape index (κ3) is 13.8. The molecule has 0 unspecified atom stereocenters. The SMILES string of the molecule is CC(C)(C)OC(=O)NCCCN(C(=O)OCc1ccccc1)[C@@H](CCc1ccc(CCCCNC(=O)OCc2ccccc2)c2ccccc12)C(N)=O. The quantitative estimate of drug-likeness (QED) is 0.0714. The molecule has 0 heterocycles. The lowest BCUT2D eigenvalue weighted by atomic mass is 9.93. The Labute approximate surface area is 312 Å². The molecule has 11 heteroatoms. The van der Waals surface area contributed by atoms with Gasteiger partial charge in [0.25, 0.3) is 0 Å². The smallest absolute Gasteiger partial charge is 0.410 e. The van der Waals surface area contributed by atoms with E-state index < -0.39 is 35.8 Å². The highest BCUT2D eigenvalue weighted by molar-refractivity contribution is 5.89. The van der Waals surface area contributed by atoms with Gasteiger partial charge in [0.15, 0.2) is 0 Å². The lowest BCUT2D eigenvalue weighted by Crippen LogP contribution is -2.49. The summed E-state index contributed by atoms with van der Waals surface area (Å²) in [4.78, 5) is 52.0. The number of fused-ring (bicyclic) bond motifs is 1. The Morgan fingerprint density at radius 2 is 1.19 bits per heavy atom. The Hall–Kier alpha value is -5.58. The Kier molecular flexibility index (Phi) is 15.5. The summed E-state index contributed by atoms with van der Waals surface area (Å²) in [5, 5.41) is 7.70. The van der Waals surface area contributed by atoms with E-state index in [-0.39, 0.29) is 32.7 Å². The molecule has 4 N–H and O–H groups in total. The normalized spacial score (nSPS) is 11.7. The molecule has 0 fully saturated rings. The molecule has 0 spiro atoms. The number of nitrogens with zero attached hydrogens (tertiary/aromatic N) is 1. The fraction of sp³-hybridized carbons (Fsp3) is 0.381. The fourth-order valence-corrected chi connectivity index (χ4v) is 5.94. The predicted octanol–water partition coefficient (Wildman–Crippen LogP) is 7.43. The maximum atomic E-state index is 13.5. The maximum Gasteiger partial charge on any atom is 0.410 e. The van der Waals surface area contributed by atoms with Crippen LogP contribution in [0.5, 0.6) is 0 Å². The van der Waals surface area contributed by atoms with Crippen LogP contribution in [0.4, 0.5) is 14.4 Å². The summed E-state index contributed by atoms with van der Waals surface area (Å²) in [6, 6.07) is 30.2. The number of unbranched alkanes of at least 4 members (excludes halogenated alkanes) is 1. The summed E-state index contributed by atoms with van der Waals surface area (Å²) in [6.07, 6.45) is 1.96. The molecular weight excluding hydrogens is 672 g/mol. The van der Waals surface area contributed by atoms with E-state index in [0.29, 0.717) is 19.4 Å². The molecule has 0 saturated carbocycles. The van der Waals surface area contributed by atoms with Gasteiger partial charge in [-0.25, -0.2) is 14.4 Å². The van der Waals surface area contributed by atoms with Gasteiger partial charge in [0.05, 0.1) is 0 Å². The molecule has 0 aliphatic rings. The Morgan fingerprint density at radius 3 is 1.77 bits per heavy atom. The third-order valence-corrected chi connectivity index (χ3v) is 8.54. The monoisotopic (exact) mass is 724 g/mol. The summed E-state index contributed by atoms with van der Waals surface area (Å²) < 4.78 is 16.2. The van der Waals surface area contributed by atoms with Crippen molar-refractivity contribution in [3.63, 3.8) is 0 Å². The van der Waals surface area contributed by atoms with Crippen LogP contribution in [0.3, 0.4) is 0 Å². The van der Waals surface area contributed by atoms with E-state index in [1.165, 1.54) is 10.5 Å². The van der Waals surface area contributed by atoms with E-state index in [0.717, 1.165) is 46.7 Å². The second-order valence-corrected chi connectivity index (χ2v) is 13.8. The minimum absolute atomic E-state index is 0.0400. The highest BCUT2D eigenvalue weighted by Crippen LogP contribution is 2.26. The number of primary amides is 1. The van der Waals surface area contributed by atoms with Gasteiger partial charge < -0.3 is 30.6 Å². The van der Waals surface area contributed by atoms with Crippen LogP contribution in [0.15, 0.2) is 97.1 Å². The largest absolute Gasteiger partial charge is 0.445 e. The van der Waals surface area contributed by atoms with Crippen molar-refractivity contribution in [1.29, 1.82) is 0 Å². The van der Waals surface area contributed by atoms with Gasteiger partial charge >= 0.3 is 18.3 Å². The Morgan fingerprint density at radius 1 is 0.660 bits per heavy atom. The van der Waals surface area contributed by atoms with E-state index in [4.69, 9.17) is 19.9 Å². The van der Waals surface area contributed by atoms with Crippen molar-refractivity contribution < 1.29 is 33.4 Å². The molecule has 11 nitrogen and oxygen atoms in total. The molecular formula is C42H52N4O7. The number of ether oxygens (including phenoxy) is 3. The van der Waals surface area contributed by atoms with Gasteiger partial charge in [-0.1, -0.05) is 97.1 Å². The number of carbonyl (C=O) groups is 4. The number of aryl methyl sites for hydroxylation is 2. The second kappa shape index (κ2) is 20.5. The lowest BCUT2D eigenvalue weighted by Gasteiger charge is -2.29. The first-order valence-electron chi connectivity index (χ1n) is 18.2. The standard InChI is InChI=1S/C42H52N4O7/c1-42(2,3)53-40(49)45-27-14-28-46(41(50)52-30-32-17-8-5-9-18-32)37(38(43)47)25-24-34-23-22-33(35-20-10-11-21-36(34)35)19-12-13-26-44-39(48)51-29-31-15-6-4-7-16-31/h4-11,15-18,20-23,37H,12-14,19,24-30H2,1-3H3,(H2,43,47)(H,44,48)(H,45,49)/t37-/m0/s1. The molecule has 0 aromatic heterocycles. The molecule has 4 amide bonds. The second-order valence-electron chi connectivity index (χ2n) is 13.8. The maximum absolute atomic E-state index is 13.5. The topological polar surface area (TPSA) is 149 Å². The van der Waals surface area contributed by atoms with Crippen molar-refractivity contribution in [2.45, 2.75) is 84.2 Å². The number of benzene rings is 4. The minimum Gasteiger partial charge on any atom is -0.445 e. The molecule has 0 aliphatic heterocycles. The van der Waals surface area contributed by atoms with E-state index >= 15 is 0 Å². The van der Waals surface area contributed by atoms with E-state index in [9.17, 15) is 19.2 Å². The first-order chi connectivity index (χ1) is 25.5. The Balaban J connectivity index is 1.36. The molecule has 53 heavy (non-hydrogen) atoms. The molecule has 1 atom stereocenters. The number of alkyl carbamates (subject to hydrolysis) is 2. The highest BCUT2D eigenvalue weighted by Gasteiger charge is 2.29. The number of amides is 4. The molecule has 4 aromatic carbocycles. The summed E-state index contributed by atoms with van der Waals surface area (Å²) >= 11 is 0. The van der Waals surface area contributed by atoms with E-state index in [2.05, 4.69) is 34.9 Å². The summed E-state index contributed by atoms with van der Waals surface area (Å²) in [5.41, 5.74) is 9.26. The van der Waals surface area contributed by atoms with Gasteiger partial charge in [0.1, 0.15) is 24.9 Å². The van der Waals surface area contributed by atoms with Crippen molar-refractivity contribution in [2.24, 2.45) is 5.73 Å². The van der Waals surface area contributed by atoms with Gasteiger partial charge in [-0.3, -0.25) is 9.69 Å². The van der Waals surface area contributed by atoms with Crippen molar-refractivity contribution in [3.8, 4) is 0 Å². The van der Waals surface area contributed by atoms with Crippen molar-refractivity contribution in [2.75, 3.05) is 19.6 Å². The van der Waals surface area contributed by atoms with Crippen molar-refractivity contribution >= 4 is 35.0 Å². The average Bonchev–Trinajstić information content (AvgIpc) is 3.14. The molecule has 0 radical (unpaired) electrons. The van der Waals surface area contributed by atoms with Gasteiger partial charge in [0, 0.05) is 19.6 Å². The molecule has 0 saturated heterocycles. The molecule has 4 aromatic rings. The van der Waals surface area contributed by atoms with Crippen LogP contribution < -0.4 is 16.4 Å². The van der Waals surface area contributed by atoms with Gasteiger partial charge in [-0.05, 0) is 92.3 Å². The van der Waals surface area contributed by atoms with Crippen molar-refractivity contribution in [3.05, 3.63) is 119 Å². The summed E-state index contributed by atoms with van der Waals surface area (Å²) in [7, 11) is 0. The van der Waals surface area contributed by atoms with Crippen LogP contribution in [0, 0.1) is 0 Å². The number of hydrogen-bond acceptors (Lipinski definition) is 7. The number of hydrogen-bond donors (Lipinski definition) is 3. The fourth-order valence-electron chi connectivity index (χ4n) is 5.94.